The first-order valence-corrected chi connectivity index (χ1v) is 21.1. The van der Waals surface area contributed by atoms with Crippen LogP contribution in [0.5, 0.6) is 0 Å². The van der Waals surface area contributed by atoms with Crippen molar-refractivity contribution in [3.8, 4) is 22.3 Å². The minimum absolute atomic E-state index is 0.826. The normalized spacial score (nSPS) is 10.6. The van der Waals surface area contributed by atoms with Crippen molar-refractivity contribution in [3.05, 3.63) is 132 Å². The van der Waals surface area contributed by atoms with Crippen molar-refractivity contribution in [3.63, 3.8) is 0 Å². The molecule has 1 nitrogen and oxygen atoms in total. The van der Waals surface area contributed by atoms with Gasteiger partial charge >= 0.3 is 37.9 Å². The summed E-state index contributed by atoms with van der Waals surface area (Å²) in [4.78, 5) is 4.57. The van der Waals surface area contributed by atoms with E-state index in [4.69, 9.17) is 17.0 Å². The van der Waals surface area contributed by atoms with Gasteiger partial charge in [0.15, 0.2) is 0 Å². The van der Waals surface area contributed by atoms with Gasteiger partial charge in [0.2, 0.25) is 0 Å². The summed E-state index contributed by atoms with van der Waals surface area (Å²) in [6.07, 6.45) is 3.02. The molecule has 0 amide bonds. The number of aryl methyl sites for hydroxylation is 1. The zero-order valence-corrected chi connectivity index (χ0v) is 27.3. The summed E-state index contributed by atoms with van der Waals surface area (Å²) >= 11 is -0.826. The average Bonchev–Trinajstić information content (AvgIpc) is 3.53. The Bertz CT molecular complexity index is 1610. The van der Waals surface area contributed by atoms with Crippen molar-refractivity contribution in [1.82, 2.24) is 4.98 Å². The van der Waals surface area contributed by atoms with Gasteiger partial charge in [-0.1, -0.05) is 85.2 Å². The minimum atomic E-state index is -0.826. The summed E-state index contributed by atoms with van der Waals surface area (Å²) in [5.74, 6) is 0. The number of halogens is 2. The Hall–Kier alpha value is -2.42. The SMILES string of the molecule is C[Si]C.Cc1cc2c(-c3cnc4ccccc4c3)cccc2[cH-]1.[Cl][Zr+2][Cl].[c-]1cccc2c1Cc1ccccc1-2. The first kappa shape index (κ1) is 29.6. The van der Waals surface area contributed by atoms with E-state index >= 15 is 0 Å². The third-order valence-corrected chi connectivity index (χ3v) is 6.41. The van der Waals surface area contributed by atoms with Crippen LogP contribution in [0.4, 0.5) is 0 Å². The van der Waals surface area contributed by atoms with E-state index < -0.39 is 20.8 Å². The maximum absolute atomic E-state index is 4.93. The van der Waals surface area contributed by atoms with E-state index in [1.54, 1.807) is 0 Å². The fourth-order valence-electron chi connectivity index (χ4n) is 4.85. The van der Waals surface area contributed by atoms with E-state index in [0.717, 1.165) is 21.5 Å². The molecular weight excluding hydrogens is 613 g/mol. The van der Waals surface area contributed by atoms with Gasteiger partial charge in [0, 0.05) is 21.1 Å². The molecule has 0 fully saturated rings. The van der Waals surface area contributed by atoms with Crippen LogP contribution in [0.25, 0.3) is 43.9 Å². The van der Waals surface area contributed by atoms with Crippen molar-refractivity contribution in [2.45, 2.75) is 26.4 Å². The monoisotopic (exact) mass is 639 g/mol. The smallest absolute Gasteiger partial charge is 0.0253 e. The van der Waals surface area contributed by atoms with E-state index in [1.807, 2.05) is 24.4 Å². The van der Waals surface area contributed by atoms with Crippen LogP contribution in [-0.2, 0) is 27.3 Å². The fraction of sp³-hybridized carbons (Fsp3) is 0.118. The Morgan fingerprint density at radius 1 is 0.846 bits per heavy atom. The van der Waals surface area contributed by atoms with E-state index in [0.29, 0.717) is 0 Å². The Morgan fingerprint density at radius 2 is 1.54 bits per heavy atom. The van der Waals surface area contributed by atoms with Crippen molar-refractivity contribution in [2.24, 2.45) is 0 Å². The van der Waals surface area contributed by atoms with Crippen LogP contribution >= 0.6 is 17.0 Å². The van der Waals surface area contributed by atoms with Crippen LogP contribution < -0.4 is 0 Å². The molecule has 0 saturated carbocycles. The molecule has 7 rings (SSSR count). The summed E-state index contributed by atoms with van der Waals surface area (Å²) in [7, 11) is 11.0. The molecule has 5 aromatic carbocycles. The molecule has 5 heteroatoms. The van der Waals surface area contributed by atoms with Gasteiger partial charge in [-0.3, -0.25) is 4.98 Å². The minimum Gasteiger partial charge on any atom is -0.179 e. The first-order valence-electron chi connectivity index (χ1n) is 12.7. The summed E-state index contributed by atoms with van der Waals surface area (Å²) in [6.45, 7) is 6.45. The molecule has 0 saturated heterocycles. The molecular formula is C34H29Cl2NSiZr. The van der Waals surface area contributed by atoms with Gasteiger partial charge in [-0.15, -0.1) is 40.1 Å². The largest absolute Gasteiger partial charge is 0.179 e. The van der Waals surface area contributed by atoms with Crippen LogP contribution in [0, 0.1) is 13.0 Å². The second kappa shape index (κ2) is 14.8. The summed E-state index contributed by atoms with van der Waals surface area (Å²) in [5.41, 5.74) is 10.3. The Morgan fingerprint density at radius 3 is 2.36 bits per heavy atom. The fourth-order valence-corrected chi connectivity index (χ4v) is 4.85. The third-order valence-electron chi connectivity index (χ3n) is 6.41. The first-order chi connectivity index (χ1) is 19.1. The predicted octanol–water partition coefficient (Wildman–Crippen LogP) is 10.3. The van der Waals surface area contributed by atoms with Gasteiger partial charge in [-0.25, -0.2) is 0 Å². The Labute approximate surface area is 253 Å². The van der Waals surface area contributed by atoms with Crippen molar-refractivity contribution < 1.29 is 20.8 Å². The van der Waals surface area contributed by atoms with Gasteiger partial charge in [-0.05, 0) is 24.1 Å². The van der Waals surface area contributed by atoms with Crippen LogP contribution in [-0.4, -0.2) is 14.5 Å². The van der Waals surface area contributed by atoms with E-state index in [9.17, 15) is 0 Å². The summed E-state index contributed by atoms with van der Waals surface area (Å²) < 4.78 is 0. The van der Waals surface area contributed by atoms with Gasteiger partial charge in [-0.2, -0.15) is 35.9 Å². The molecule has 0 bridgehead atoms. The molecule has 0 N–H and O–H groups in total. The molecule has 2 radical (unpaired) electrons. The van der Waals surface area contributed by atoms with Crippen LogP contribution in [0.15, 0.2) is 109 Å². The molecule has 6 aromatic rings. The van der Waals surface area contributed by atoms with Crippen LogP contribution in [0.1, 0.15) is 16.7 Å². The summed E-state index contributed by atoms with van der Waals surface area (Å²) in [5, 5.41) is 3.79. The molecule has 0 spiro atoms. The second-order valence-electron chi connectivity index (χ2n) is 9.23. The Balaban J connectivity index is 0.000000159. The van der Waals surface area contributed by atoms with Gasteiger partial charge in [0.25, 0.3) is 0 Å². The van der Waals surface area contributed by atoms with Crippen LogP contribution in [0.3, 0.4) is 0 Å². The third kappa shape index (κ3) is 7.41. The molecule has 192 valence electrons. The van der Waals surface area contributed by atoms with E-state index in [2.05, 4.69) is 116 Å². The number of hydrogen-bond acceptors (Lipinski definition) is 1. The van der Waals surface area contributed by atoms with Crippen molar-refractivity contribution in [1.29, 1.82) is 0 Å². The number of para-hydroxylation sites is 1. The van der Waals surface area contributed by atoms with Crippen molar-refractivity contribution in [2.75, 3.05) is 0 Å². The number of pyridine rings is 1. The topological polar surface area (TPSA) is 12.9 Å². The summed E-state index contributed by atoms with van der Waals surface area (Å²) in [6, 6.07) is 39.5. The molecule has 1 aliphatic rings. The molecule has 0 aliphatic heterocycles. The van der Waals surface area contributed by atoms with Gasteiger partial charge in [0.1, 0.15) is 0 Å². The number of benzene rings is 4. The van der Waals surface area contributed by atoms with Gasteiger partial charge < -0.3 is 0 Å². The molecule has 1 aromatic heterocycles. The zero-order valence-electron chi connectivity index (χ0n) is 22.3. The molecule has 1 heterocycles. The van der Waals surface area contributed by atoms with Crippen LogP contribution in [0.2, 0.25) is 13.1 Å². The second-order valence-corrected chi connectivity index (χ2v) is 14.0. The predicted molar refractivity (Wildman–Crippen MR) is 168 cm³/mol. The maximum atomic E-state index is 4.93. The number of hydrogen-bond donors (Lipinski definition) is 0. The molecule has 0 unspecified atom stereocenters. The quantitative estimate of drug-likeness (QED) is 0.128. The maximum Gasteiger partial charge on any atom is -0.0253 e. The number of rotatable bonds is 1. The average molecular weight is 642 g/mol. The molecule has 1 aliphatic carbocycles. The number of fused-ring (bicyclic) bond motifs is 5. The molecule has 0 atom stereocenters. The van der Waals surface area contributed by atoms with E-state index in [1.165, 1.54) is 55.1 Å². The number of nitrogens with zero attached hydrogens (tertiary/aromatic N) is 1. The molecule has 39 heavy (non-hydrogen) atoms. The van der Waals surface area contributed by atoms with Crippen molar-refractivity contribution >= 4 is 48.2 Å². The Kier molecular flexibility index (Phi) is 11.2. The standard InChI is InChI=1S/C19H14N.C13H9.C2H6Si.2ClH.Zr/c1-13-9-14-6-4-7-17(18(14)10-13)16-11-15-5-2-3-8-19(15)20-12-16;1-3-7-12-10(5-1)9-11-6-2-4-8-13(11)12;1-3-2;;;/h2-12H,1H3;1-5,7-8H,9H2;1-2H3;2*1H;/q2*-1;;;;+4/p-2. The zero-order chi connectivity index (χ0) is 27.6. The van der Waals surface area contributed by atoms with E-state index in [-0.39, 0.29) is 0 Å². The number of aromatic nitrogens is 1. The van der Waals surface area contributed by atoms with Gasteiger partial charge in [0.05, 0.1) is 5.52 Å².